The Labute approximate surface area is 118 Å². The molecule has 0 heterocycles. The van der Waals surface area contributed by atoms with Gasteiger partial charge in [-0.3, -0.25) is 4.79 Å². The lowest BCUT2D eigenvalue weighted by Crippen LogP contribution is -2.29. The number of benzene rings is 1. The van der Waals surface area contributed by atoms with Crippen LogP contribution in [-0.2, 0) is 4.79 Å². The average Bonchev–Trinajstić information content (AvgIpc) is 2.38. The molecule has 0 aliphatic heterocycles. The smallest absolute Gasteiger partial charge is 0.238 e. The second-order valence-electron chi connectivity index (χ2n) is 4.83. The van der Waals surface area contributed by atoms with Crippen LogP contribution in [0.15, 0.2) is 18.2 Å². The van der Waals surface area contributed by atoms with Gasteiger partial charge in [0.25, 0.3) is 0 Å². The van der Waals surface area contributed by atoms with E-state index >= 15 is 0 Å². The second kappa shape index (κ2) is 8.60. The maximum absolute atomic E-state index is 13.3. The van der Waals surface area contributed by atoms with Crippen LogP contribution in [0.4, 0.5) is 14.5 Å². The molecule has 0 fully saturated rings. The number of nitrogens with one attached hydrogen (secondary N) is 2. The molecule has 1 amide bonds. The minimum atomic E-state index is -0.774. The predicted molar refractivity (Wildman–Crippen MR) is 75.6 cm³/mol. The van der Waals surface area contributed by atoms with Crippen molar-refractivity contribution < 1.29 is 13.6 Å². The number of carbonyl (C=O) groups excluding carboxylic acids is 1. The number of unbranched alkanes of at least 4 members (excludes halogenated alkanes) is 1. The highest BCUT2D eigenvalue weighted by atomic mass is 19.1. The van der Waals surface area contributed by atoms with Crippen LogP contribution in [0.1, 0.15) is 12.8 Å². The van der Waals surface area contributed by atoms with Crippen LogP contribution in [0.3, 0.4) is 0 Å². The highest BCUT2D eigenvalue weighted by Gasteiger charge is 2.11. The summed E-state index contributed by atoms with van der Waals surface area (Å²) in [4.78, 5) is 13.6. The lowest BCUT2D eigenvalue weighted by atomic mass is 10.3. The summed E-state index contributed by atoms with van der Waals surface area (Å²) in [6.45, 7) is 1.73. The molecular formula is C14H21F2N3O. The molecule has 0 atom stereocenters. The van der Waals surface area contributed by atoms with Gasteiger partial charge in [-0.15, -0.1) is 0 Å². The summed E-state index contributed by atoms with van der Waals surface area (Å²) in [5.74, 6) is -2.00. The van der Waals surface area contributed by atoms with Crippen molar-refractivity contribution in [2.24, 2.45) is 0 Å². The van der Waals surface area contributed by atoms with Crippen LogP contribution in [0, 0.1) is 11.6 Å². The van der Waals surface area contributed by atoms with Gasteiger partial charge in [0, 0.05) is 0 Å². The minimum absolute atomic E-state index is 0.0374. The van der Waals surface area contributed by atoms with E-state index in [-0.39, 0.29) is 6.54 Å². The van der Waals surface area contributed by atoms with Crippen LogP contribution in [0.5, 0.6) is 0 Å². The monoisotopic (exact) mass is 285 g/mol. The molecule has 0 bridgehead atoms. The Morgan fingerprint density at radius 3 is 2.45 bits per heavy atom. The molecule has 2 N–H and O–H groups in total. The molecule has 0 saturated carbocycles. The fourth-order valence-electron chi connectivity index (χ4n) is 1.68. The van der Waals surface area contributed by atoms with Gasteiger partial charge >= 0.3 is 0 Å². The third kappa shape index (κ3) is 6.08. The van der Waals surface area contributed by atoms with E-state index in [1.165, 1.54) is 6.07 Å². The second-order valence-corrected chi connectivity index (χ2v) is 4.83. The highest BCUT2D eigenvalue weighted by Crippen LogP contribution is 2.17. The van der Waals surface area contributed by atoms with E-state index in [2.05, 4.69) is 15.5 Å². The molecule has 0 unspecified atom stereocenters. The summed E-state index contributed by atoms with van der Waals surface area (Å²) < 4.78 is 26.6. The molecule has 0 spiro atoms. The van der Waals surface area contributed by atoms with Gasteiger partial charge in [-0.25, -0.2) is 8.78 Å². The molecule has 0 radical (unpaired) electrons. The van der Waals surface area contributed by atoms with E-state index < -0.39 is 23.2 Å². The fraction of sp³-hybridized carbons (Fsp3) is 0.500. The Morgan fingerprint density at radius 2 is 1.85 bits per heavy atom. The first-order chi connectivity index (χ1) is 9.50. The van der Waals surface area contributed by atoms with Crippen LogP contribution in [0.2, 0.25) is 0 Å². The third-order valence-corrected chi connectivity index (χ3v) is 2.72. The maximum Gasteiger partial charge on any atom is 0.238 e. The zero-order chi connectivity index (χ0) is 15.0. The number of nitrogens with zero attached hydrogens (tertiary/aromatic N) is 1. The Balaban J connectivity index is 2.24. The molecule has 0 aliphatic carbocycles. The number of hydrogen-bond donors (Lipinski definition) is 2. The van der Waals surface area contributed by atoms with E-state index in [4.69, 9.17) is 0 Å². The van der Waals surface area contributed by atoms with Gasteiger partial charge in [0.15, 0.2) is 0 Å². The summed E-state index contributed by atoms with van der Waals surface area (Å²) in [5.41, 5.74) is -0.396. The Kier molecular flexibility index (Phi) is 7.11. The largest absolute Gasteiger partial charge is 0.320 e. The van der Waals surface area contributed by atoms with Crippen molar-refractivity contribution in [3.63, 3.8) is 0 Å². The standard InChI is InChI=1S/C14H21F2N3O/c1-19(2)9-4-3-8-17-10-13(20)18-14-11(15)6-5-7-12(14)16/h5-7,17H,3-4,8-10H2,1-2H3,(H,18,20). The van der Waals surface area contributed by atoms with E-state index in [0.717, 1.165) is 31.5 Å². The SMILES string of the molecule is CN(C)CCCCNCC(=O)Nc1c(F)cccc1F. The van der Waals surface area contributed by atoms with Crippen LogP contribution >= 0.6 is 0 Å². The fourth-order valence-corrected chi connectivity index (χ4v) is 1.68. The summed E-state index contributed by atoms with van der Waals surface area (Å²) in [6, 6.07) is 3.46. The van der Waals surface area contributed by atoms with Gasteiger partial charge in [0.2, 0.25) is 5.91 Å². The number of hydrogen-bond acceptors (Lipinski definition) is 3. The van der Waals surface area contributed by atoms with Crippen molar-refractivity contribution in [1.29, 1.82) is 0 Å². The minimum Gasteiger partial charge on any atom is -0.320 e. The highest BCUT2D eigenvalue weighted by molar-refractivity contribution is 5.92. The molecule has 1 aromatic rings. The van der Waals surface area contributed by atoms with Crippen molar-refractivity contribution in [3.8, 4) is 0 Å². The lowest BCUT2D eigenvalue weighted by Gasteiger charge is -2.10. The number of halogens is 2. The molecule has 1 rings (SSSR count). The Bertz CT molecular complexity index is 418. The zero-order valence-corrected chi connectivity index (χ0v) is 11.9. The van der Waals surface area contributed by atoms with Gasteiger partial charge in [0.1, 0.15) is 17.3 Å². The van der Waals surface area contributed by atoms with Crippen LogP contribution < -0.4 is 10.6 Å². The summed E-state index contributed by atoms with van der Waals surface area (Å²) in [6.07, 6.45) is 1.98. The Morgan fingerprint density at radius 1 is 1.20 bits per heavy atom. The molecule has 1 aromatic carbocycles. The van der Waals surface area contributed by atoms with Gasteiger partial charge in [-0.1, -0.05) is 6.07 Å². The molecule has 112 valence electrons. The molecule has 0 aromatic heterocycles. The van der Waals surface area contributed by atoms with Gasteiger partial charge in [-0.2, -0.15) is 0 Å². The number of anilines is 1. The predicted octanol–water partition coefficient (Wildman–Crippen LogP) is 1.83. The van der Waals surface area contributed by atoms with Gasteiger partial charge in [-0.05, 0) is 52.2 Å². The maximum atomic E-state index is 13.3. The molecule has 4 nitrogen and oxygen atoms in total. The third-order valence-electron chi connectivity index (χ3n) is 2.72. The number of amides is 1. The van der Waals surface area contributed by atoms with Crippen LogP contribution in [0.25, 0.3) is 0 Å². The van der Waals surface area contributed by atoms with Gasteiger partial charge in [0.05, 0.1) is 6.54 Å². The number of carbonyl (C=O) groups is 1. The van der Waals surface area contributed by atoms with E-state index in [0.29, 0.717) is 6.54 Å². The zero-order valence-electron chi connectivity index (χ0n) is 11.9. The van der Waals surface area contributed by atoms with E-state index in [1.54, 1.807) is 0 Å². The summed E-state index contributed by atoms with van der Waals surface area (Å²) in [5, 5.41) is 5.17. The first kappa shape index (κ1) is 16.5. The average molecular weight is 285 g/mol. The van der Waals surface area contributed by atoms with Crippen molar-refractivity contribution in [1.82, 2.24) is 10.2 Å². The molecular weight excluding hydrogens is 264 g/mol. The van der Waals surface area contributed by atoms with Crippen molar-refractivity contribution in [2.75, 3.05) is 39.0 Å². The lowest BCUT2D eigenvalue weighted by molar-refractivity contribution is -0.115. The Hall–Kier alpha value is -1.53. The molecule has 0 saturated heterocycles. The first-order valence-corrected chi connectivity index (χ1v) is 6.60. The quantitative estimate of drug-likeness (QED) is 0.716. The van der Waals surface area contributed by atoms with Crippen LogP contribution in [-0.4, -0.2) is 44.5 Å². The van der Waals surface area contributed by atoms with Crippen molar-refractivity contribution >= 4 is 11.6 Å². The molecule has 6 heteroatoms. The van der Waals surface area contributed by atoms with Gasteiger partial charge < -0.3 is 15.5 Å². The molecule has 0 aliphatic rings. The summed E-state index contributed by atoms with van der Waals surface area (Å²) >= 11 is 0. The normalized spacial score (nSPS) is 10.8. The number of para-hydroxylation sites is 1. The first-order valence-electron chi connectivity index (χ1n) is 6.60. The summed E-state index contributed by atoms with van der Waals surface area (Å²) in [7, 11) is 4.01. The van der Waals surface area contributed by atoms with Crippen molar-refractivity contribution in [2.45, 2.75) is 12.8 Å². The van der Waals surface area contributed by atoms with E-state index in [9.17, 15) is 13.6 Å². The van der Waals surface area contributed by atoms with E-state index in [1.807, 2.05) is 14.1 Å². The van der Waals surface area contributed by atoms with Crippen molar-refractivity contribution in [3.05, 3.63) is 29.8 Å². The number of rotatable bonds is 8. The topological polar surface area (TPSA) is 44.4 Å². The molecule has 20 heavy (non-hydrogen) atoms.